The molecule has 0 aliphatic rings. The number of hydrogen-bond donors (Lipinski definition) is 3. The second-order valence-electron chi connectivity index (χ2n) is 5.64. The van der Waals surface area contributed by atoms with Crippen molar-refractivity contribution < 1.29 is 5.11 Å². The maximum atomic E-state index is 9.25. The Morgan fingerprint density at radius 2 is 1.92 bits per heavy atom. The van der Waals surface area contributed by atoms with Gasteiger partial charge in [0, 0.05) is 49.0 Å². The summed E-state index contributed by atoms with van der Waals surface area (Å²) in [5, 5.41) is 15.6. The lowest BCUT2D eigenvalue weighted by molar-refractivity contribution is 0.281. The molecule has 0 amide bonds. The van der Waals surface area contributed by atoms with Crippen LogP contribution >= 0.6 is 0 Å². The first-order chi connectivity index (χ1) is 12.2. The van der Waals surface area contributed by atoms with Crippen molar-refractivity contribution in [1.29, 1.82) is 0 Å². The maximum absolute atomic E-state index is 9.25. The van der Waals surface area contributed by atoms with Gasteiger partial charge in [-0.3, -0.25) is 9.97 Å². The third kappa shape index (κ3) is 4.71. The zero-order chi connectivity index (χ0) is 17.5. The topological polar surface area (TPSA) is 95.8 Å². The molecule has 25 heavy (non-hydrogen) atoms. The highest BCUT2D eigenvalue weighted by molar-refractivity contribution is 5.64. The van der Waals surface area contributed by atoms with Gasteiger partial charge in [0.2, 0.25) is 5.95 Å². The van der Waals surface area contributed by atoms with Gasteiger partial charge in [-0.05, 0) is 30.7 Å². The molecular weight excluding hydrogens is 316 g/mol. The van der Waals surface area contributed by atoms with Crippen molar-refractivity contribution in [3.05, 3.63) is 60.7 Å². The van der Waals surface area contributed by atoms with Crippen molar-refractivity contribution in [2.75, 3.05) is 17.2 Å². The fourth-order valence-electron chi connectivity index (χ4n) is 2.23. The van der Waals surface area contributed by atoms with Gasteiger partial charge >= 0.3 is 0 Å². The average Bonchev–Trinajstić information content (AvgIpc) is 2.67. The number of nitrogens with one attached hydrogen (secondary N) is 2. The third-order valence-corrected chi connectivity index (χ3v) is 3.55. The predicted molar refractivity (Wildman–Crippen MR) is 97.0 cm³/mol. The Morgan fingerprint density at radius 1 is 1.08 bits per heavy atom. The van der Waals surface area contributed by atoms with Gasteiger partial charge in [0.15, 0.2) is 0 Å². The molecule has 0 saturated carbocycles. The summed E-state index contributed by atoms with van der Waals surface area (Å²) in [6.45, 7) is 2.47. The number of aliphatic hydroxyl groups is 1. The lowest BCUT2D eigenvalue weighted by Crippen LogP contribution is -2.21. The number of pyridine rings is 2. The Kier molecular flexibility index (Phi) is 5.48. The minimum atomic E-state index is -0.140. The fraction of sp³-hybridized carbons (Fsp3) is 0.222. The van der Waals surface area contributed by atoms with Crippen LogP contribution in [-0.4, -0.2) is 37.7 Å². The molecule has 128 valence electrons. The van der Waals surface area contributed by atoms with Gasteiger partial charge in [-0.25, -0.2) is 4.98 Å². The summed E-state index contributed by atoms with van der Waals surface area (Å²) in [6.07, 6.45) is 7.01. The van der Waals surface area contributed by atoms with Crippen LogP contribution in [0.15, 0.2) is 55.1 Å². The van der Waals surface area contributed by atoms with E-state index in [1.165, 1.54) is 0 Å². The van der Waals surface area contributed by atoms with E-state index < -0.39 is 0 Å². The first-order valence-corrected chi connectivity index (χ1v) is 8.04. The highest BCUT2D eigenvalue weighted by atomic mass is 16.3. The number of anilines is 2. The third-order valence-electron chi connectivity index (χ3n) is 3.55. The van der Waals surface area contributed by atoms with E-state index in [1.54, 1.807) is 18.6 Å². The zero-order valence-electron chi connectivity index (χ0n) is 13.9. The summed E-state index contributed by atoms with van der Waals surface area (Å²) in [7, 11) is 0. The van der Waals surface area contributed by atoms with E-state index in [0.717, 1.165) is 16.8 Å². The summed E-state index contributed by atoms with van der Waals surface area (Å²) in [5.74, 6) is 1.16. The molecule has 7 heteroatoms. The van der Waals surface area contributed by atoms with Crippen molar-refractivity contribution >= 4 is 11.8 Å². The van der Waals surface area contributed by atoms with E-state index in [-0.39, 0.29) is 12.6 Å². The monoisotopic (exact) mass is 336 g/mol. The largest absolute Gasteiger partial charge is 0.394 e. The summed E-state index contributed by atoms with van der Waals surface area (Å²) in [4.78, 5) is 17.2. The molecule has 0 saturated heterocycles. The molecule has 3 rings (SSSR count). The lowest BCUT2D eigenvalue weighted by atomic mass is 10.2. The molecule has 0 aliphatic carbocycles. The maximum Gasteiger partial charge on any atom is 0.225 e. The van der Waals surface area contributed by atoms with E-state index in [2.05, 4.69) is 30.6 Å². The van der Waals surface area contributed by atoms with Gasteiger partial charge in [0.25, 0.3) is 0 Å². The molecule has 0 unspecified atom stereocenters. The van der Waals surface area contributed by atoms with Crippen LogP contribution in [0.2, 0.25) is 0 Å². The molecule has 0 radical (unpaired) electrons. The highest BCUT2D eigenvalue weighted by Crippen LogP contribution is 2.21. The van der Waals surface area contributed by atoms with Crippen LogP contribution in [0.3, 0.4) is 0 Å². The smallest absolute Gasteiger partial charge is 0.225 e. The van der Waals surface area contributed by atoms with Crippen LogP contribution < -0.4 is 10.6 Å². The first-order valence-electron chi connectivity index (χ1n) is 8.04. The predicted octanol–water partition coefficient (Wildman–Crippen LogP) is 2.34. The van der Waals surface area contributed by atoms with Crippen molar-refractivity contribution in [3.8, 4) is 11.3 Å². The van der Waals surface area contributed by atoms with Crippen LogP contribution in [0.25, 0.3) is 11.3 Å². The molecule has 0 aliphatic heterocycles. The van der Waals surface area contributed by atoms with E-state index in [9.17, 15) is 5.11 Å². The Morgan fingerprint density at radius 3 is 2.64 bits per heavy atom. The number of hydrogen-bond acceptors (Lipinski definition) is 7. The lowest BCUT2D eigenvalue weighted by Gasteiger charge is -2.14. The zero-order valence-corrected chi connectivity index (χ0v) is 13.9. The van der Waals surface area contributed by atoms with E-state index in [4.69, 9.17) is 0 Å². The van der Waals surface area contributed by atoms with Crippen LogP contribution in [0.4, 0.5) is 11.8 Å². The van der Waals surface area contributed by atoms with Crippen molar-refractivity contribution in [3.63, 3.8) is 0 Å². The summed E-state index contributed by atoms with van der Waals surface area (Å²) >= 11 is 0. The average molecular weight is 336 g/mol. The van der Waals surface area contributed by atoms with Gasteiger partial charge in [0.1, 0.15) is 5.82 Å². The first kappa shape index (κ1) is 16.8. The molecule has 1 atom stereocenters. The van der Waals surface area contributed by atoms with E-state index in [0.29, 0.717) is 18.3 Å². The normalized spacial score (nSPS) is 11.8. The van der Waals surface area contributed by atoms with Crippen LogP contribution in [-0.2, 0) is 6.54 Å². The molecule has 3 heterocycles. The van der Waals surface area contributed by atoms with Crippen molar-refractivity contribution in [2.24, 2.45) is 0 Å². The number of nitrogens with zero attached hydrogens (tertiary/aromatic N) is 4. The van der Waals surface area contributed by atoms with Crippen LogP contribution in [0.1, 0.15) is 12.5 Å². The molecule has 7 nitrogen and oxygen atoms in total. The Labute approximate surface area is 146 Å². The molecule has 3 aromatic rings. The second kappa shape index (κ2) is 8.16. The number of aliphatic hydroxyl groups excluding tert-OH is 1. The van der Waals surface area contributed by atoms with E-state index in [1.807, 2.05) is 43.5 Å². The van der Waals surface area contributed by atoms with E-state index >= 15 is 0 Å². The van der Waals surface area contributed by atoms with Gasteiger partial charge in [-0.2, -0.15) is 4.98 Å². The minimum absolute atomic E-state index is 0.00128. The SMILES string of the molecule is C[C@@H](CO)Nc1nc(NCc2cccnc2)cc(-c2ccncc2)n1. The molecule has 0 bridgehead atoms. The number of aromatic nitrogens is 4. The second-order valence-corrected chi connectivity index (χ2v) is 5.64. The van der Waals surface area contributed by atoms with Gasteiger partial charge in [0.05, 0.1) is 12.3 Å². The van der Waals surface area contributed by atoms with Crippen molar-refractivity contribution in [1.82, 2.24) is 19.9 Å². The van der Waals surface area contributed by atoms with Crippen LogP contribution in [0, 0.1) is 0 Å². The minimum Gasteiger partial charge on any atom is -0.394 e. The molecule has 0 spiro atoms. The number of rotatable bonds is 7. The van der Waals surface area contributed by atoms with Crippen molar-refractivity contribution in [2.45, 2.75) is 19.5 Å². The summed E-state index contributed by atoms with van der Waals surface area (Å²) in [6, 6.07) is 9.44. The fourth-order valence-corrected chi connectivity index (χ4v) is 2.23. The van der Waals surface area contributed by atoms with Gasteiger partial charge in [-0.15, -0.1) is 0 Å². The standard InChI is InChI=1S/C18H20N6O/c1-13(12-25)22-18-23-16(15-4-7-19-8-5-15)9-17(24-18)21-11-14-3-2-6-20-10-14/h2-10,13,25H,11-12H2,1H3,(H2,21,22,23,24)/t13-/m0/s1. The van der Waals surface area contributed by atoms with Crippen LogP contribution in [0.5, 0.6) is 0 Å². The highest BCUT2D eigenvalue weighted by Gasteiger charge is 2.09. The molecule has 3 N–H and O–H groups in total. The summed E-state index contributed by atoms with van der Waals surface area (Å²) < 4.78 is 0. The van der Waals surface area contributed by atoms with Gasteiger partial charge < -0.3 is 15.7 Å². The Hall–Kier alpha value is -3.06. The Balaban J connectivity index is 1.86. The summed E-state index contributed by atoms with van der Waals surface area (Å²) in [5.41, 5.74) is 2.78. The Bertz CT molecular complexity index is 797. The molecular formula is C18H20N6O. The molecule has 0 fully saturated rings. The van der Waals surface area contributed by atoms with Gasteiger partial charge in [-0.1, -0.05) is 6.07 Å². The molecule has 3 aromatic heterocycles. The molecule has 0 aromatic carbocycles. The quantitative estimate of drug-likeness (QED) is 0.609.